The number of aromatic amines is 1. The standard InChI is InChI=1S/C16H20N2O/c1-10-4-5-13(12(3)11(10)2)14-8-17-15(18-14)16(9-19)6-7-16/h4-5,8,19H,6-7,9H2,1-3H3,(H,17,18). The zero-order valence-corrected chi connectivity index (χ0v) is 11.7. The van der Waals surface area contributed by atoms with Crippen LogP contribution >= 0.6 is 0 Å². The zero-order valence-electron chi connectivity index (χ0n) is 11.7. The first kappa shape index (κ1) is 12.4. The topological polar surface area (TPSA) is 48.9 Å². The van der Waals surface area contributed by atoms with Gasteiger partial charge in [0.25, 0.3) is 0 Å². The van der Waals surface area contributed by atoms with Gasteiger partial charge in [-0.3, -0.25) is 0 Å². The van der Waals surface area contributed by atoms with Crippen LogP contribution in [-0.4, -0.2) is 21.7 Å². The van der Waals surface area contributed by atoms with Gasteiger partial charge < -0.3 is 10.1 Å². The Labute approximate surface area is 113 Å². The third-order valence-corrected chi connectivity index (χ3v) is 4.58. The Morgan fingerprint density at radius 3 is 2.58 bits per heavy atom. The summed E-state index contributed by atoms with van der Waals surface area (Å²) in [5.74, 6) is 0.933. The first-order valence-electron chi connectivity index (χ1n) is 6.81. The summed E-state index contributed by atoms with van der Waals surface area (Å²) in [6.07, 6.45) is 3.95. The van der Waals surface area contributed by atoms with Crippen LogP contribution < -0.4 is 0 Å². The summed E-state index contributed by atoms with van der Waals surface area (Å²) in [5.41, 5.74) is 6.10. The number of aromatic nitrogens is 2. The number of aliphatic hydroxyl groups excluding tert-OH is 1. The number of imidazole rings is 1. The van der Waals surface area contributed by atoms with Crippen LogP contribution in [0.5, 0.6) is 0 Å². The van der Waals surface area contributed by atoms with E-state index in [9.17, 15) is 5.11 Å². The molecule has 0 radical (unpaired) electrons. The van der Waals surface area contributed by atoms with Gasteiger partial charge in [-0.15, -0.1) is 0 Å². The fourth-order valence-electron chi connectivity index (χ4n) is 2.60. The molecule has 1 heterocycles. The highest BCUT2D eigenvalue weighted by atomic mass is 16.3. The SMILES string of the molecule is Cc1ccc(-c2cnc(C3(CO)CC3)[nH]2)c(C)c1C. The molecular formula is C16H20N2O. The Balaban J connectivity index is 2.02. The number of nitrogens with zero attached hydrogens (tertiary/aromatic N) is 1. The number of benzene rings is 1. The van der Waals surface area contributed by atoms with E-state index in [1.54, 1.807) is 0 Å². The van der Waals surface area contributed by atoms with Crippen LogP contribution in [0.25, 0.3) is 11.3 Å². The summed E-state index contributed by atoms with van der Waals surface area (Å²) in [6, 6.07) is 4.30. The van der Waals surface area contributed by atoms with Crippen LogP contribution in [-0.2, 0) is 5.41 Å². The van der Waals surface area contributed by atoms with E-state index in [0.29, 0.717) is 0 Å². The number of H-pyrrole nitrogens is 1. The Morgan fingerprint density at radius 2 is 1.95 bits per heavy atom. The Morgan fingerprint density at radius 1 is 1.21 bits per heavy atom. The predicted octanol–water partition coefficient (Wildman–Crippen LogP) is 3.03. The molecule has 0 atom stereocenters. The molecule has 1 saturated carbocycles. The van der Waals surface area contributed by atoms with Gasteiger partial charge in [-0.05, 0) is 50.3 Å². The van der Waals surface area contributed by atoms with E-state index in [2.05, 4.69) is 42.9 Å². The maximum Gasteiger partial charge on any atom is 0.115 e. The van der Waals surface area contributed by atoms with Gasteiger partial charge in [0, 0.05) is 5.56 Å². The van der Waals surface area contributed by atoms with Gasteiger partial charge in [-0.25, -0.2) is 4.98 Å². The molecule has 1 aromatic carbocycles. The molecule has 1 aliphatic carbocycles. The molecule has 1 aromatic heterocycles. The molecular weight excluding hydrogens is 236 g/mol. The summed E-state index contributed by atoms with van der Waals surface area (Å²) >= 11 is 0. The van der Waals surface area contributed by atoms with Crippen LogP contribution in [0.15, 0.2) is 18.3 Å². The van der Waals surface area contributed by atoms with E-state index < -0.39 is 0 Å². The first-order valence-corrected chi connectivity index (χ1v) is 6.81. The predicted molar refractivity (Wildman–Crippen MR) is 76.2 cm³/mol. The van der Waals surface area contributed by atoms with Gasteiger partial charge >= 0.3 is 0 Å². The number of hydrogen-bond acceptors (Lipinski definition) is 2. The second kappa shape index (κ2) is 4.20. The fourth-order valence-corrected chi connectivity index (χ4v) is 2.60. The van der Waals surface area contributed by atoms with Crippen molar-refractivity contribution in [3.05, 3.63) is 40.8 Å². The Bertz CT molecular complexity index is 624. The number of nitrogens with one attached hydrogen (secondary N) is 1. The lowest BCUT2D eigenvalue weighted by Crippen LogP contribution is -2.13. The monoisotopic (exact) mass is 256 g/mol. The molecule has 0 aliphatic heterocycles. The van der Waals surface area contributed by atoms with Crippen LogP contribution in [0.1, 0.15) is 35.4 Å². The minimum Gasteiger partial charge on any atom is -0.395 e. The molecule has 0 unspecified atom stereocenters. The van der Waals surface area contributed by atoms with E-state index in [1.807, 2.05) is 6.20 Å². The van der Waals surface area contributed by atoms with Crippen molar-refractivity contribution in [1.29, 1.82) is 0 Å². The van der Waals surface area contributed by atoms with Crippen LogP contribution in [0, 0.1) is 20.8 Å². The molecule has 3 nitrogen and oxygen atoms in total. The van der Waals surface area contributed by atoms with Gasteiger partial charge in [0.15, 0.2) is 0 Å². The molecule has 1 fully saturated rings. The maximum atomic E-state index is 9.46. The smallest absolute Gasteiger partial charge is 0.115 e. The van der Waals surface area contributed by atoms with Crippen molar-refractivity contribution in [2.24, 2.45) is 0 Å². The zero-order chi connectivity index (χ0) is 13.6. The third-order valence-electron chi connectivity index (χ3n) is 4.58. The number of aryl methyl sites for hydroxylation is 1. The minimum absolute atomic E-state index is 0.0914. The Kier molecular flexibility index (Phi) is 2.75. The molecule has 3 heteroatoms. The maximum absolute atomic E-state index is 9.46. The highest BCUT2D eigenvalue weighted by Gasteiger charge is 2.46. The second-order valence-electron chi connectivity index (χ2n) is 5.76. The highest BCUT2D eigenvalue weighted by molar-refractivity contribution is 5.65. The summed E-state index contributed by atoms with van der Waals surface area (Å²) in [6.45, 7) is 6.62. The molecule has 1 aliphatic rings. The lowest BCUT2D eigenvalue weighted by Gasteiger charge is -2.10. The van der Waals surface area contributed by atoms with Gasteiger partial charge in [0.05, 0.1) is 23.9 Å². The number of aliphatic hydroxyl groups is 1. The van der Waals surface area contributed by atoms with Crippen molar-refractivity contribution < 1.29 is 5.11 Å². The van der Waals surface area contributed by atoms with E-state index in [-0.39, 0.29) is 12.0 Å². The Hall–Kier alpha value is -1.61. The van der Waals surface area contributed by atoms with E-state index >= 15 is 0 Å². The van der Waals surface area contributed by atoms with Crippen molar-refractivity contribution in [1.82, 2.24) is 9.97 Å². The second-order valence-corrected chi connectivity index (χ2v) is 5.76. The summed E-state index contributed by atoms with van der Waals surface area (Å²) in [4.78, 5) is 7.87. The van der Waals surface area contributed by atoms with Crippen molar-refractivity contribution in [3.63, 3.8) is 0 Å². The van der Waals surface area contributed by atoms with Gasteiger partial charge in [0.1, 0.15) is 5.82 Å². The lowest BCUT2D eigenvalue weighted by atomic mass is 9.97. The summed E-state index contributed by atoms with van der Waals surface area (Å²) < 4.78 is 0. The average molecular weight is 256 g/mol. The van der Waals surface area contributed by atoms with Crippen molar-refractivity contribution in [3.8, 4) is 11.3 Å². The quantitative estimate of drug-likeness (QED) is 0.886. The van der Waals surface area contributed by atoms with Crippen LogP contribution in [0.2, 0.25) is 0 Å². The molecule has 2 N–H and O–H groups in total. The van der Waals surface area contributed by atoms with Crippen molar-refractivity contribution in [2.75, 3.05) is 6.61 Å². The van der Waals surface area contributed by atoms with Crippen LogP contribution in [0.3, 0.4) is 0 Å². The molecule has 0 amide bonds. The molecule has 3 rings (SSSR count). The fraction of sp³-hybridized carbons (Fsp3) is 0.438. The molecule has 2 aromatic rings. The van der Waals surface area contributed by atoms with E-state index in [4.69, 9.17) is 0 Å². The van der Waals surface area contributed by atoms with E-state index in [0.717, 1.165) is 24.4 Å². The van der Waals surface area contributed by atoms with Crippen molar-refractivity contribution >= 4 is 0 Å². The summed E-state index contributed by atoms with van der Waals surface area (Å²) in [5, 5.41) is 9.46. The van der Waals surface area contributed by atoms with Crippen molar-refractivity contribution in [2.45, 2.75) is 39.0 Å². The molecule has 0 bridgehead atoms. The van der Waals surface area contributed by atoms with Gasteiger partial charge in [0.2, 0.25) is 0 Å². The molecule has 100 valence electrons. The third kappa shape index (κ3) is 1.89. The molecule has 0 spiro atoms. The van der Waals surface area contributed by atoms with E-state index in [1.165, 1.54) is 22.3 Å². The largest absolute Gasteiger partial charge is 0.395 e. The minimum atomic E-state index is -0.0914. The van der Waals surface area contributed by atoms with Gasteiger partial charge in [-0.1, -0.05) is 12.1 Å². The lowest BCUT2D eigenvalue weighted by molar-refractivity contribution is 0.250. The van der Waals surface area contributed by atoms with Crippen LogP contribution in [0.4, 0.5) is 0 Å². The summed E-state index contributed by atoms with van der Waals surface area (Å²) in [7, 11) is 0. The molecule has 0 saturated heterocycles. The number of rotatable bonds is 3. The van der Waals surface area contributed by atoms with Gasteiger partial charge in [-0.2, -0.15) is 0 Å². The molecule has 19 heavy (non-hydrogen) atoms. The first-order chi connectivity index (χ1) is 9.07. The highest BCUT2D eigenvalue weighted by Crippen LogP contribution is 2.46. The normalized spacial score (nSPS) is 16.6. The average Bonchev–Trinajstić information content (AvgIpc) is 3.07. The number of hydrogen-bond donors (Lipinski definition) is 2.